The lowest BCUT2D eigenvalue weighted by atomic mass is 10.1. The second-order valence-corrected chi connectivity index (χ2v) is 4.90. The van der Waals surface area contributed by atoms with Gasteiger partial charge in [0.05, 0.1) is 0 Å². The Labute approximate surface area is 125 Å². The molecular weight excluding hydrogens is 299 g/mol. The summed E-state index contributed by atoms with van der Waals surface area (Å²) >= 11 is 10.6. The second-order valence-electron chi connectivity index (χ2n) is 4.02. The van der Waals surface area contributed by atoms with Crippen LogP contribution in [-0.4, -0.2) is 10.9 Å². The van der Waals surface area contributed by atoms with Crippen LogP contribution in [0.3, 0.4) is 0 Å². The van der Waals surface area contributed by atoms with Gasteiger partial charge in [-0.1, -0.05) is 29.9 Å². The Morgan fingerprint density at radius 1 is 1.25 bits per heavy atom. The SMILES string of the molecule is NC(=S)c1cc(NC(=O)c2cccc(Cl)c2)ccc1F. The van der Waals surface area contributed by atoms with Gasteiger partial charge >= 0.3 is 0 Å². The van der Waals surface area contributed by atoms with E-state index in [1.165, 1.54) is 24.3 Å². The first-order valence-corrected chi connectivity index (χ1v) is 6.42. The first kappa shape index (κ1) is 14.4. The van der Waals surface area contributed by atoms with Crippen LogP contribution in [0.15, 0.2) is 42.5 Å². The fraction of sp³-hybridized carbons (Fsp3) is 0. The van der Waals surface area contributed by atoms with E-state index in [2.05, 4.69) is 5.32 Å². The summed E-state index contributed by atoms with van der Waals surface area (Å²) in [5.74, 6) is -0.883. The van der Waals surface area contributed by atoms with Gasteiger partial charge in [-0.15, -0.1) is 0 Å². The highest BCUT2D eigenvalue weighted by Gasteiger charge is 2.10. The minimum absolute atomic E-state index is 0.0682. The third kappa shape index (κ3) is 3.31. The lowest BCUT2D eigenvalue weighted by Crippen LogP contribution is -2.15. The smallest absolute Gasteiger partial charge is 0.255 e. The molecule has 2 rings (SSSR count). The summed E-state index contributed by atoms with van der Waals surface area (Å²) in [5, 5.41) is 3.09. The van der Waals surface area contributed by atoms with Crippen LogP contribution in [-0.2, 0) is 0 Å². The van der Waals surface area contributed by atoms with Crippen molar-refractivity contribution in [1.82, 2.24) is 0 Å². The van der Waals surface area contributed by atoms with Crippen LogP contribution >= 0.6 is 23.8 Å². The van der Waals surface area contributed by atoms with Gasteiger partial charge in [-0.3, -0.25) is 4.79 Å². The molecule has 3 nitrogen and oxygen atoms in total. The van der Waals surface area contributed by atoms with Crippen molar-refractivity contribution in [2.24, 2.45) is 5.73 Å². The highest BCUT2D eigenvalue weighted by atomic mass is 35.5. The fourth-order valence-corrected chi connectivity index (χ4v) is 1.97. The van der Waals surface area contributed by atoms with Crippen molar-refractivity contribution in [3.05, 3.63) is 64.4 Å². The minimum Gasteiger partial charge on any atom is -0.389 e. The van der Waals surface area contributed by atoms with E-state index in [0.29, 0.717) is 16.3 Å². The molecule has 0 aromatic heterocycles. The molecule has 6 heteroatoms. The average Bonchev–Trinajstić information content (AvgIpc) is 2.40. The van der Waals surface area contributed by atoms with Crippen molar-refractivity contribution >= 4 is 40.4 Å². The summed E-state index contributed by atoms with van der Waals surface area (Å²) in [4.78, 5) is 11.9. The fourth-order valence-electron chi connectivity index (χ4n) is 1.62. The Kier molecular flexibility index (Phi) is 4.32. The maximum absolute atomic E-state index is 13.4. The number of nitrogens with two attached hydrogens (primary N) is 1. The highest BCUT2D eigenvalue weighted by Crippen LogP contribution is 2.17. The molecule has 0 aliphatic carbocycles. The van der Waals surface area contributed by atoms with Crippen LogP contribution in [0, 0.1) is 5.82 Å². The summed E-state index contributed by atoms with van der Waals surface area (Å²) in [6.07, 6.45) is 0. The number of carbonyl (C=O) groups excluding carboxylic acids is 1. The van der Waals surface area contributed by atoms with Gasteiger partial charge in [-0.2, -0.15) is 0 Å². The topological polar surface area (TPSA) is 55.1 Å². The van der Waals surface area contributed by atoms with E-state index in [4.69, 9.17) is 29.6 Å². The Bertz CT molecular complexity index is 691. The van der Waals surface area contributed by atoms with E-state index in [1.807, 2.05) is 0 Å². The zero-order valence-electron chi connectivity index (χ0n) is 10.2. The minimum atomic E-state index is -0.529. The van der Waals surface area contributed by atoms with Crippen molar-refractivity contribution in [3.8, 4) is 0 Å². The highest BCUT2D eigenvalue weighted by molar-refractivity contribution is 7.80. The quantitative estimate of drug-likeness (QED) is 0.855. The molecule has 0 unspecified atom stereocenters. The van der Waals surface area contributed by atoms with Gasteiger partial charge < -0.3 is 11.1 Å². The summed E-state index contributed by atoms with van der Waals surface area (Å²) in [7, 11) is 0. The molecule has 0 bridgehead atoms. The largest absolute Gasteiger partial charge is 0.389 e. The van der Waals surface area contributed by atoms with Crippen molar-refractivity contribution < 1.29 is 9.18 Å². The monoisotopic (exact) mass is 308 g/mol. The molecule has 0 fully saturated rings. The first-order valence-electron chi connectivity index (χ1n) is 5.63. The Morgan fingerprint density at radius 3 is 2.65 bits per heavy atom. The maximum atomic E-state index is 13.4. The molecule has 20 heavy (non-hydrogen) atoms. The van der Waals surface area contributed by atoms with Gasteiger partial charge in [0.25, 0.3) is 5.91 Å². The average molecular weight is 309 g/mol. The van der Waals surface area contributed by atoms with E-state index in [1.54, 1.807) is 18.2 Å². The second kappa shape index (κ2) is 5.98. The van der Waals surface area contributed by atoms with Crippen LogP contribution in [0.4, 0.5) is 10.1 Å². The number of hydrogen-bond donors (Lipinski definition) is 2. The van der Waals surface area contributed by atoms with E-state index in [0.717, 1.165) is 0 Å². The van der Waals surface area contributed by atoms with Crippen molar-refractivity contribution in [2.75, 3.05) is 5.32 Å². The number of rotatable bonds is 3. The Hall–Kier alpha value is -1.98. The Morgan fingerprint density at radius 2 is 2.00 bits per heavy atom. The molecule has 1 amide bonds. The van der Waals surface area contributed by atoms with E-state index in [9.17, 15) is 9.18 Å². The van der Waals surface area contributed by atoms with E-state index >= 15 is 0 Å². The molecule has 0 atom stereocenters. The molecule has 3 N–H and O–H groups in total. The molecule has 0 saturated heterocycles. The molecule has 0 radical (unpaired) electrons. The van der Waals surface area contributed by atoms with Crippen LogP contribution in [0.25, 0.3) is 0 Å². The lowest BCUT2D eigenvalue weighted by molar-refractivity contribution is 0.102. The molecule has 0 heterocycles. The summed E-state index contributed by atoms with van der Waals surface area (Å²) in [6.45, 7) is 0. The Balaban J connectivity index is 2.24. The summed E-state index contributed by atoms with van der Waals surface area (Å²) < 4.78 is 13.4. The van der Waals surface area contributed by atoms with Crippen LogP contribution in [0.2, 0.25) is 5.02 Å². The first-order chi connectivity index (χ1) is 9.47. The third-order valence-electron chi connectivity index (χ3n) is 2.58. The van der Waals surface area contributed by atoms with E-state index in [-0.39, 0.29) is 16.5 Å². The zero-order chi connectivity index (χ0) is 14.7. The molecule has 0 aliphatic rings. The van der Waals surface area contributed by atoms with Crippen molar-refractivity contribution in [3.63, 3.8) is 0 Å². The maximum Gasteiger partial charge on any atom is 0.255 e. The molecule has 0 aliphatic heterocycles. The van der Waals surface area contributed by atoms with Gasteiger partial charge in [-0.05, 0) is 36.4 Å². The normalized spacial score (nSPS) is 10.1. The van der Waals surface area contributed by atoms with Crippen LogP contribution in [0.1, 0.15) is 15.9 Å². The number of thiocarbonyl (C=S) groups is 1. The zero-order valence-corrected chi connectivity index (χ0v) is 11.8. The molecule has 0 saturated carbocycles. The number of amides is 1. The van der Waals surface area contributed by atoms with Gasteiger partial charge in [0.1, 0.15) is 10.8 Å². The molecule has 0 spiro atoms. The summed E-state index contributed by atoms with van der Waals surface area (Å²) in [5.41, 5.74) is 6.30. The molecule has 102 valence electrons. The van der Waals surface area contributed by atoms with Crippen LogP contribution < -0.4 is 11.1 Å². The van der Waals surface area contributed by atoms with Gasteiger partial charge in [-0.25, -0.2) is 4.39 Å². The van der Waals surface area contributed by atoms with Gasteiger partial charge in [0.15, 0.2) is 0 Å². The standard InChI is InChI=1S/C14H10ClFN2OS/c15-9-3-1-2-8(6-9)14(19)18-10-4-5-12(16)11(7-10)13(17)20/h1-7H,(H2,17,20)(H,18,19). The number of nitrogens with one attached hydrogen (secondary N) is 1. The molecule has 2 aromatic rings. The number of hydrogen-bond acceptors (Lipinski definition) is 2. The number of benzene rings is 2. The predicted molar refractivity (Wildman–Crippen MR) is 81.7 cm³/mol. The predicted octanol–water partition coefficient (Wildman–Crippen LogP) is 3.37. The molecular formula is C14H10ClFN2OS. The van der Waals surface area contributed by atoms with Crippen molar-refractivity contribution in [1.29, 1.82) is 0 Å². The summed E-state index contributed by atoms with van der Waals surface area (Å²) in [6, 6.07) is 10.5. The third-order valence-corrected chi connectivity index (χ3v) is 3.03. The number of anilines is 1. The van der Waals surface area contributed by atoms with Crippen molar-refractivity contribution in [2.45, 2.75) is 0 Å². The van der Waals surface area contributed by atoms with Gasteiger partial charge in [0, 0.05) is 21.8 Å². The lowest BCUT2D eigenvalue weighted by Gasteiger charge is -2.08. The number of halogens is 2. The molecule has 2 aromatic carbocycles. The van der Waals surface area contributed by atoms with E-state index < -0.39 is 5.82 Å². The van der Waals surface area contributed by atoms with Crippen LogP contribution in [0.5, 0.6) is 0 Å². The number of carbonyl (C=O) groups is 1. The van der Waals surface area contributed by atoms with Gasteiger partial charge in [0.2, 0.25) is 0 Å².